The fourth-order valence-corrected chi connectivity index (χ4v) is 1.37. The molecule has 0 aromatic heterocycles. The van der Waals surface area contributed by atoms with Crippen molar-refractivity contribution < 1.29 is 43.4 Å². The number of carbonyl (C=O) groups is 1. The Balaban J connectivity index is -0.00000162. The molecule has 0 bridgehead atoms. The van der Waals surface area contributed by atoms with Gasteiger partial charge in [0.25, 0.3) is 5.91 Å². The van der Waals surface area contributed by atoms with Crippen LogP contribution >= 0.6 is 0 Å². The second kappa shape index (κ2) is 11.0. The van der Waals surface area contributed by atoms with Crippen molar-refractivity contribution in [3.05, 3.63) is 6.42 Å². The molecule has 0 fully saturated rings. The third-order valence-electron chi connectivity index (χ3n) is 2.83. The minimum absolute atomic E-state index is 0. The van der Waals surface area contributed by atoms with Crippen molar-refractivity contribution >= 4 is 17.9 Å². The van der Waals surface area contributed by atoms with Gasteiger partial charge >= 0.3 is 0 Å². The van der Waals surface area contributed by atoms with Crippen molar-refractivity contribution in [3.63, 3.8) is 0 Å². The lowest BCUT2D eigenvalue weighted by atomic mass is 10.2. The second-order valence-electron chi connectivity index (χ2n) is 6.33. The number of nitrogens with one attached hydrogen (secondary N) is 2. The maximum Gasteiger partial charge on any atom is 0.265 e. The predicted molar refractivity (Wildman–Crippen MR) is 75.5 cm³/mol. The molecule has 2 radical (unpaired) electrons. The zero-order chi connectivity index (χ0) is 15.1. The number of nitrogens with zero attached hydrogens (tertiary/aromatic N) is 2. The van der Waals surface area contributed by atoms with Gasteiger partial charge in [0.15, 0.2) is 0 Å². The summed E-state index contributed by atoms with van der Waals surface area (Å²) in [5, 5.41) is 9.88. The van der Waals surface area contributed by atoms with Gasteiger partial charge in [0, 0.05) is 0 Å². The maximum atomic E-state index is 11.4. The third kappa shape index (κ3) is 14.0. The van der Waals surface area contributed by atoms with Crippen molar-refractivity contribution in [2.45, 2.75) is 0 Å². The molecule has 0 aromatic rings. The zero-order valence-electron chi connectivity index (χ0n) is 13.4. The van der Waals surface area contributed by atoms with E-state index in [4.69, 9.17) is 5.41 Å². The molecular weight excluding hydrogens is 315 g/mol. The molecule has 0 atom stereocenters. The molecule has 6 nitrogen and oxygen atoms in total. The van der Waals surface area contributed by atoms with E-state index in [2.05, 4.69) is 40.6 Å². The molecule has 0 aliphatic heterocycles. The Kier molecular flexibility index (Phi) is 13.2. The van der Waals surface area contributed by atoms with Crippen LogP contribution in [0.2, 0.25) is 0 Å². The number of carbonyl (C=O) groups excluding carboxylic acids is 2. The molecule has 0 saturated carbocycles. The molecule has 0 aliphatic rings. The lowest BCUT2D eigenvalue weighted by Crippen LogP contribution is -3.00. The summed E-state index contributed by atoms with van der Waals surface area (Å²) in [6, 6.07) is 0. The minimum atomic E-state index is -0.532. The van der Waals surface area contributed by atoms with Crippen LogP contribution in [0, 0.1) is 11.8 Å². The number of halogens is 2. The van der Waals surface area contributed by atoms with Crippen LogP contribution in [-0.2, 0) is 9.59 Å². The zero-order valence-corrected chi connectivity index (χ0v) is 14.9. The highest BCUT2D eigenvalue weighted by atomic mass is 35.5. The first-order valence-electron chi connectivity index (χ1n) is 6.27. The molecule has 0 aliphatic carbocycles. The van der Waals surface area contributed by atoms with Gasteiger partial charge in [0.1, 0.15) is 18.8 Å². The number of hydrogen-bond donors (Lipinski definition) is 2. The van der Waals surface area contributed by atoms with Gasteiger partial charge in [-0.05, 0) is 0 Å². The molecule has 0 aromatic carbocycles. The van der Waals surface area contributed by atoms with Crippen LogP contribution in [0.4, 0.5) is 0 Å². The lowest BCUT2D eigenvalue weighted by Gasteiger charge is -2.33. The molecule has 0 rings (SSSR count). The van der Waals surface area contributed by atoms with Gasteiger partial charge < -0.3 is 39.1 Å². The first-order chi connectivity index (χ1) is 8.57. The van der Waals surface area contributed by atoms with Gasteiger partial charge in [-0.15, -0.1) is 0 Å². The molecule has 0 heterocycles. The number of amides is 1. The van der Waals surface area contributed by atoms with Crippen LogP contribution in [0.1, 0.15) is 0 Å². The Labute approximate surface area is 140 Å². The normalized spacial score (nSPS) is 10.9. The van der Waals surface area contributed by atoms with Gasteiger partial charge in [0.2, 0.25) is 6.29 Å². The summed E-state index contributed by atoms with van der Waals surface area (Å²) >= 11 is 0. The van der Waals surface area contributed by atoms with Gasteiger partial charge in [-0.3, -0.25) is 15.0 Å². The van der Waals surface area contributed by atoms with Gasteiger partial charge in [-0.1, -0.05) is 0 Å². The number of likely N-dealkylation sites (N-methyl/N-ethyl adjacent to an activating group) is 2. The van der Waals surface area contributed by atoms with Crippen molar-refractivity contribution in [3.8, 4) is 0 Å². The summed E-state index contributed by atoms with van der Waals surface area (Å²) < 4.78 is 1.70. The Morgan fingerprint density at radius 1 is 1.10 bits per heavy atom. The highest BCUT2D eigenvalue weighted by Crippen LogP contribution is 1.99. The highest BCUT2D eigenvalue weighted by molar-refractivity contribution is 6.44. The summed E-state index contributed by atoms with van der Waals surface area (Å²) in [6.07, 6.45) is 2.25. The Hall–Kier alpha value is -0.690. The minimum Gasteiger partial charge on any atom is -1.00 e. The Morgan fingerprint density at radius 3 is 2.05 bits per heavy atom. The SMILES string of the molecule is C[N+](C)(C)CC[N+](C)(C)CCNC(=O)C(=N)[CH][C]=O.[Cl-].[Cl-]. The van der Waals surface area contributed by atoms with Crippen LogP contribution in [-0.4, -0.2) is 88.3 Å². The highest BCUT2D eigenvalue weighted by Gasteiger charge is 2.20. The smallest absolute Gasteiger partial charge is 0.265 e. The van der Waals surface area contributed by atoms with Crippen LogP contribution < -0.4 is 30.1 Å². The first-order valence-corrected chi connectivity index (χ1v) is 6.27. The van der Waals surface area contributed by atoms with E-state index in [-0.39, 0.29) is 30.5 Å². The van der Waals surface area contributed by atoms with Crippen molar-refractivity contribution in [1.29, 1.82) is 5.41 Å². The quantitative estimate of drug-likeness (QED) is 0.323. The van der Waals surface area contributed by atoms with Crippen LogP contribution in [0.25, 0.3) is 0 Å². The fraction of sp³-hybridized carbons (Fsp3) is 0.692. The van der Waals surface area contributed by atoms with Gasteiger partial charge in [0.05, 0.1) is 54.7 Å². The van der Waals surface area contributed by atoms with E-state index in [1.807, 2.05) is 0 Å². The van der Waals surface area contributed by atoms with Crippen LogP contribution in [0.5, 0.6) is 0 Å². The molecule has 8 heteroatoms. The fourth-order valence-electron chi connectivity index (χ4n) is 1.37. The van der Waals surface area contributed by atoms with E-state index in [1.54, 1.807) is 0 Å². The molecule has 0 saturated heterocycles. The average molecular weight is 341 g/mol. The molecule has 124 valence electrons. The standard InChI is InChI=1S/C13H25N4O2.2ClH/c1-16(2,3)9-10-17(4,5)8-7-15-13(19)12(14)6-11-18;;/h6,14H,7-10H2,1-5H3;2*1H/q+1;;/p-1. The van der Waals surface area contributed by atoms with E-state index in [1.165, 1.54) is 6.29 Å². The van der Waals surface area contributed by atoms with Crippen LogP contribution in [0.3, 0.4) is 0 Å². The van der Waals surface area contributed by atoms with Crippen molar-refractivity contribution in [2.24, 2.45) is 0 Å². The van der Waals surface area contributed by atoms with E-state index in [9.17, 15) is 9.59 Å². The van der Waals surface area contributed by atoms with Crippen molar-refractivity contribution in [2.75, 3.05) is 61.4 Å². The summed E-state index contributed by atoms with van der Waals surface area (Å²) in [6.45, 7) is 3.32. The largest absolute Gasteiger partial charge is 1.00 e. The van der Waals surface area contributed by atoms with Crippen molar-refractivity contribution in [1.82, 2.24) is 5.32 Å². The molecule has 0 unspecified atom stereocenters. The lowest BCUT2D eigenvalue weighted by molar-refractivity contribution is -0.936. The van der Waals surface area contributed by atoms with E-state index in [0.717, 1.165) is 35.0 Å². The van der Waals surface area contributed by atoms with Crippen LogP contribution in [0.15, 0.2) is 0 Å². The Morgan fingerprint density at radius 2 is 1.62 bits per heavy atom. The van der Waals surface area contributed by atoms with E-state index < -0.39 is 5.91 Å². The number of rotatable bonds is 9. The predicted octanol–water partition coefficient (Wildman–Crippen LogP) is -6.77. The van der Waals surface area contributed by atoms with E-state index >= 15 is 0 Å². The summed E-state index contributed by atoms with van der Waals surface area (Å²) in [5.74, 6) is -0.532. The molecular formula is C13H26Cl2N4O2. The van der Waals surface area contributed by atoms with Gasteiger partial charge in [-0.25, -0.2) is 0 Å². The topological polar surface area (TPSA) is 70.0 Å². The average Bonchev–Trinajstić information content (AvgIpc) is 2.25. The Bertz CT molecular complexity index is 342. The van der Waals surface area contributed by atoms with E-state index in [0.29, 0.717) is 6.54 Å². The monoisotopic (exact) mass is 340 g/mol. The molecule has 2 N–H and O–H groups in total. The number of quaternary nitrogens is 2. The molecule has 1 amide bonds. The van der Waals surface area contributed by atoms with Gasteiger partial charge in [-0.2, -0.15) is 0 Å². The second-order valence-corrected chi connectivity index (χ2v) is 6.33. The molecule has 0 spiro atoms. The maximum absolute atomic E-state index is 11.4. The first kappa shape index (κ1) is 25.3. The summed E-state index contributed by atoms with van der Waals surface area (Å²) in [5.41, 5.74) is -0.355. The third-order valence-corrected chi connectivity index (χ3v) is 2.83. The summed E-state index contributed by atoms with van der Waals surface area (Å²) in [7, 11) is 10.7. The summed E-state index contributed by atoms with van der Waals surface area (Å²) in [4.78, 5) is 21.4. The molecule has 21 heavy (non-hydrogen) atoms. The number of hydrogen-bond acceptors (Lipinski definition) is 3.